The van der Waals surface area contributed by atoms with E-state index < -0.39 is 0 Å². The summed E-state index contributed by atoms with van der Waals surface area (Å²) < 4.78 is 1.25. The molecular weight excluding hydrogens is 240 g/mol. The molecule has 56 valence electrons. The summed E-state index contributed by atoms with van der Waals surface area (Å²) in [6.45, 7) is 0. The molecule has 0 bridgehead atoms. The zero-order valence-corrected chi connectivity index (χ0v) is 11.2. The third-order valence-corrected chi connectivity index (χ3v) is 3.02. The Morgan fingerprint density at radius 2 is 2.08 bits per heavy atom. The van der Waals surface area contributed by atoms with Crippen molar-refractivity contribution in [2.75, 3.05) is 0 Å². The summed E-state index contributed by atoms with van der Waals surface area (Å²) in [4.78, 5) is 4.37. The molecule has 0 fully saturated rings. The Kier molecular flexibility index (Phi) is 3.69. The van der Waals surface area contributed by atoms with Crippen LogP contribution in [0.15, 0.2) is 24.3 Å². The van der Waals surface area contributed by atoms with Crippen LogP contribution in [0.5, 0.6) is 0 Å². The first-order chi connectivity index (χ1) is 5.40. The van der Waals surface area contributed by atoms with Gasteiger partial charge in [0.2, 0.25) is 0 Å². The summed E-state index contributed by atoms with van der Waals surface area (Å²) in [5, 5.41) is 1.09. The number of para-hydroxylation sites is 1. The van der Waals surface area contributed by atoms with Gasteiger partial charge in [-0.05, 0) is 12.1 Å². The number of rotatable bonds is 1. The van der Waals surface area contributed by atoms with Crippen molar-refractivity contribution in [2.45, 2.75) is 5.75 Å². The molecule has 0 amide bonds. The minimum absolute atomic E-state index is 0. The molecule has 0 spiro atoms. The van der Waals surface area contributed by atoms with Gasteiger partial charge >= 0.3 is 19.5 Å². The summed E-state index contributed by atoms with van der Waals surface area (Å²) in [6, 6.07) is 8.14. The molecule has 0 saturated heterocycles. The number of hydrogen-bond acceptors (Lipinski definition) is 3. The van der Waals surface area contributed by atoms with Crippen LogP contribution in [0.4, 0.5) is 0 Å². The van der Waals surface area contributed by atoms with Crippen LogP contribution in [0.3, 0.4) is 0 Å². The third-order valence-electron chi connectivity index (χ3n) is 1.47. The summed E-state index contributed by atoms with van der Waals surface area (Å²) in [7, 11) is 0. The van der Waals surface area contributed by atoms with E-state index >= 15 is 0 Å². The second-order valence-electron chi connectivity index (χ2n) is 2.23. The number of fused-ring (bicyclic) bond motifs is 1. The predicted octanol–water partition coefficient (Wildman–Crippen LogP) is 2.72. The van der Waals surface area contributed by atoms with E-state index in [1.54, 1.807) is 11.3 Å². The largest absolute Gasteiger partial charge is 2.00 e. The van der Waals surface area contributed by atoms with Crippen molar-refractivity contribution in [1.29, 1.82) is 0 Å². The molecule has 0 radical (unpaired) electrons. The fourth-order valence-electron chi connectivity index (χ4n) is 0.988. The smallest absolute Gasteiger partial charge is 0.240 e. The van der Waals surface area contributed by atoms with Gasteiger partial charge in [-0.25, -0.2) is 4.98 Å². The van der Waals surface area contributed by atoms with Gasteiger partial charge in [0.1, 0.15) is 5.01 Å². The number of thiol groups is 1. The Morgan fingerprint density at radius 3 is 2.75 bits per heavy atom. The number of nitrogens with zero attached hydrogens (tertiary/aromatic N) is 1. The van der Waals surface area contributed by atoms with Crippen LogP contribution in [0.25, 0.3) is 10.2 Å². The monoisotopic (exact) mass is 245 g/mol. The van der Waals surface area contributed by atoms with Crippen LogP contribution in [0, 0.1) is 0 Å². The van der Waals surface area contributed by atoms with Crippen LogP contribution in [-0.2, 0) is 25.2 Å². The first kappa shape index (κ1) is 10.2. The van der Waals surface area contributed by atoms with Gasteiger partial charge in [-0.1, -0.05) is 12.1 Å². The Balaban J connectivity index is 0.000000720. The molecule has 1 nitrogen and oxygen atoms in total. The zero-order chi connectivity index (χ0) is 7.68. The van der Waals surface area contributed by atoms with Gasteiger partial charge < -0.3 is 0 Å². The maximum absolute atomic E-state index is 4.37. The molecule has 4 heteroatoms. The topological polar surface area (TPSA) is 12.9 Å². The maximum Gasteiger partial charge on any atom is 2.00 e. The van der Waals surface area contributed by atoms with Gasteiger partial charge in [0.05, 0.1) is 10.2 Å². The Bertz CT molecular complexity index is 339. The number of aromatic nitrogens is 1. The standard InChI is InChI=1S/C8H7NS2.Zn/c10-5-8-9-6-3-1-2-4-7(6)11-8;/h1-4,10H,5H2;/q;+2. The summed E-state index contributed by atoms with van der Waals surface area (Å²) >= 11 is 5.88. The second kappa shape index (κ2) is 4.36. The molecule has 1 aromatic heterocycles. The zero-order valence-electron chi connectivity index (χ0n) is 6.53. The van der Waals surface area contributed by atoms with Gasteiger partial charge in [-0.15, -0.1) is 11.3 Å². The van der Waals surface area contributed by atoms with E-state index in [2.05, 4.69) is 23.7 Å². The van der Waals surface area contributed by atoms with E-state index in [-0.39, 0.29) is 19.5 Å². The van der Waals surface area contributed by atoms with E-state index in [0.717, 1.165) is 16.3 Å². The van der Waals surface area contributed by atoms with Crippen molar-refractivity contribution in [3.63, 3.8) is 0 Å². The van der Waals surface area contributed by atoms with Crippen LogP contribution in [-0.4, -0.2) is 4.98 Å². The minimum atomic E-state index is 0. The van der Waals surface area contributed by atoms with Crippen LogP contribution in [0.2, 0.25) is 0 Å². The first-order valence-electron chi connectivity index (χ1n) is 3.35. The molecule has 0 aliphatic carbocycles. The maximum atomic E-state index is 4.37. The van der Waals surface area contributed by atoms with Crippen molar-refractivity contribution in [3.05, 3.63) is 29.3 Å². The average molecular weight is 247 g/mol. The van der Waals surface area contributed by atoms with Gasteiger partial charge in [0.25, 0.3) is 0 Å². The van der Waals surface area contributed by atoms with Crippen molar-refractivity contribution < 1.29 is 19.5 Å². The van der Waals surface area contributed by atoms with E-state index in [1.165, 1.54) is 4.70 Å². The van der Waals surface area contributed by atoms with Crippen molar-refractivity contribution in [2.24, 2.45) is 0 Å². The number of benzene rings is 1. The Morgan fingerprint density at radius 1 is 1.33 bits per heavy atom. The Hall–Kier alpha value is 0.0834. The SMILES string of the molecule is SCc1nc2ccccc2s1.[Zn+2]. The van der Waals surface area contributed by atoms with Gasteiger partial charge in [-0.3, -0.25) is 0 Å². The van der Waals surface area contributed by atoms with Crippen molar-refractivity contribution >= 4 is 34.2 Å². The third kappa shape index (κ3) is 1.87. The van der Waals surface area contributed by atoms with Gasteiger partial charge in [0.15, 0.2) is 0 Å². The predicted molar refractivity (Wildman–Crippen MR) is 52.3 cm³/mol. The van der Waals surface area contributed by atoms with E-state index in [1.807, 2.05) is 18.2 Å². The Labute approximate surface area is 93.4 Å². The van der Waals surface area contributed by atoms with Gasteiger partial charge in [0, 0.05) is 5.75 Å². The fraction of sp³-hybridized carbons (Fsp3) is 0.125. The van der Waals surface area contributed by atoms with E-state index in [0.29, 0.717) is 0 Å². The van der Waals surface area contributed by atoms with Crippen LogP contribution >= 0.6 is 24.0 Å². The quantitative estimate of drug-likeness (QED) is 0.603. The van der Waals surface area contributed by atoms with Crippen LogP contribution < -0.4 is 0 Å². The second-order valence-corrected chi connectivity index (χ2v) is 3.66. The summed E-state index contributed by atoms with van der Waals surface area (Å²) in [6.07, 6.45) is 0. The average Bonchev–Trinajstić information content (AvgIpc) is 2.46. The molecule has 2 rings (SSSR count). The number of thiazole rings is 1. The molecule has 2 aromatic rings. The molecule has 0 aliphatic heterocycles. The van der Waals surface area contributed by atoms with E-state index in [4.69, 9.17) is 0 Å². The first-order valence-corrected chi connectivity index (χ1v) is 4.80. The molecule has 0 aliphatic rings. The van der Waals surface area contributed by atoms with Crippen molar-refractivity contribution in [1.82, 2.24) is 4.98 Å². The normalized spacial score (nSPS) is 9.75. The minimum Gasteiger partial charge on any atom is -0.240 e. The molecule has 0 unspecified atom stereocenters. The summed E-state index contributed by atoms with van der Waals surface area (Å²) in [5.41, 5.74) is 1.08. The molecule has 0 atom stereocenters. The molecular formula is C8H7NS2Zn+2. The molecule has 1 aromatic carbocycles. The fourth-order valence-corrected chi connectivity index (χ4v) is 2.08. The molecule has 12 heavy (non-hydrogen) atoms. The van der Waals surface area contributed by atoms with Gasteiger partial charge in [-0.2, -0.15) is 12.6 Å². The van der Waals surface area contributed by atoms with Crippen molar-refractivity contribution in [3.8, 4) is 0 Å². The molecule has 0 N–H and O–H groups in total. The molecule has 0 saturated carbocycles. The molecule has 1 heterocycles. The number of hydrogen-bond donors (Lipinski definition) is 1. The van der Waals surface area contributed by atoms with E-state index in [9.17, 15) is 0 Å². The van der Waals surface area contributed by atoms with Crippen LogP contribution in [0.1, 0.15) is 5.01 Å². The summed E-state index contributed by atoms with van der Waals surface area (Å²) in [5.74, 6) is 0.735.